The Balaban J connectivity index is 0.00000220. The highest BCUT2D eigenvalue weighted by molar-refractivity contribution is 5.92. The van der Waals surface area contributed by atoms with Crippen molar-refractivity contribution in [1.82, 2.24) is 4.90 Å². The highest BCUT2D eigenvalue weighted by atomic mass is 35.5. The summed E-state index contributed by atoms with van der Waals surface area (Å²) in [5.41, 5.74) is 5.55. The standard InChI is InChI=1S/C14H19F2N3O.ClH/c15-10-4-5-12(16)13(7-10)18-14(20)9-19-6-2-1-3-11(19)8-17;/h4-5,7,11H,1-3,6,8-9,17H2,(H,18,20);1H. The van der Waals surface area contributed by atoms with E-state index in [-0.39, 0.29) is 36.6 Å². The van der Waals surface area contributed by atoms with Gasteiger partial charge in [0.25, 0.3) is 0 Å². The number of anilines is 1. The molecule has 0 aliphatic carbocycles. The van der Waals surface area contributed by atoms with E-state index in [1.165, 1.54) is 0 Å². The molecule has 1 fully saturated rings. The van der Waals surface area contributed by atoms with Gasteiger partial charge in [-0.3, -0.25) is 9.69 Å². The molecule has 1 aliphatic heterocycles. The molecule has 1 aromatic carbocycles. The van der Waals surface area contributed by atoms with Gasteiger partial charge in [-0.2, -0.15) is 0 Å². The van der Waals surface area contributed by atoms with Crippen molar-refractivity contribution in [2.75, 3.05) is 25.0 Å². The van der Waals surface area contributed by atoms with Crippen molar-refractivity contribution in [3.05, 3.63) is 29.8 Å². The van der Waals surface area contributed by atoms with Crippen molar-refractivity contribution in [1.29, 1.82) is 0 Å². The molecule has 1 aromatic rings. The first-order valence-corrected chi connectivity index (χ1v) is 6.79. The molecule has 0 radical (unpaired) electrons. The lowest BCUT2D eigenvalue weighted by atomic mass is 10.0. The lowest BCUT2D eigenvalue weighted by molar-refractivity contribution is -0.118. The number of halogens is 3. The van der Waals surface area contributed by atoms with Crippen LogP contribution in [0.25, 0.3) is 0 Å². The van der Waals surface area contributed by atoms with Crippen LogP contribution < -0.4 is 11.1 Å². The van der Waals surface area contributed by atoms with E-state index in [1.807, 2.05) is 4.90 Å². The minimum Gasteiger partial charge on any atom is -0.329 e. The maximum absolute atomic E-state index is 13.4. The second kappa shape index (κ2) is 8.26. The Morgan fingerprint density at radius 1 is 1.38 bits per heavy atom. The van der Waals surface area contributed by atoms with Crippen molar-refractivity contribution >= 4 is 24.0 Å². The minimum atomic E-state index is -0.645. The van der Waals surface area contributed by atoms with Gasteiger partial charge >= 0.3 is 0 Å². The van der Waals surface area contributed by atoms with Crippen LogP contribution in [0.3, 0.4) is 0 Å². The van der Waals surface area contributed by atoms with Gasteiger partial charge in [-0.05, 0) is 31.5 Å². The Morgan fingerprint density at radius 2 is 2.14 bits per heavy atom. The summed E-state index contributed by atoms with van der Waals surface area (Å²) in [7, 11) is 0. The molecule has 0 saturated carbocycles. The Kier molecular flexibility index (Phi) is 7.01. The predicted octanol–water partition coefficient (Wildman–Crippen LogP) is 2.14. The zero-order chi connectivity index (χ0) is 14.5. The van der Waals surface area contributed by atoms with Crippen LogP contribution in [-0.4, -0.2) is 36.5 Å². The fourth-order valence-electron chi connectivity index (χ4n) is 2.50. The maximum Gasteiger partial charge on any atom is 0.238 e. The highest BCUT2D eigenvalue weighted by Crippen LogP contribution is 2.17. The summed E-state index contributed by atoms with van der Waals surface area (Å²) in [4.78, 5) is 13.9. The number of nitrogens with one attached hydrogen (secondary N) is 1. The van der Waals surface area contributed by atoms with Gasteiger partial charge in [0, 0.05) is 18.7 Å². The first kappa shape index (κ1) is 17.8. The molecule has 1 atom stereocenters. The fraction of sp³-hybridized carbons (Fsp3) is 0.500. The number of piperidine rings is 1. The molecule has 1 aliphatic rings. The van der Waals surface area contributed by atoms with E-state index in [9.17, 15) is 13.6 Å². The van der Waals surface area contributed by atoms with Crippen molar-refractivity contribution in [3.8, 4) is 0 Å². The largest absolute Gasteiger partial charge is 0.329 e. The number of hydrogen-bond acceptors (Lipinski definition) is 3. The lowest BCUT2D eigenvalue weighted by Crippen LogP contribution is -2.47. The van der Waals surface area contributed by atoms with Crippen LogP contribution in [0.15, 0.2) is 18.2 Å². The average molecular weight is 320 g/mol. The summed E-state index contributed by atoms with van der Waals surface area (Å²) >= 11 is 0. The third-order valence-corrected chi connectivity index (χ3v) is 3.57. The number of likely N-dealkylation sites (tertiary alicyclic amines) is 1. The van der Waals surface area contributed by atoms with Crippen molar-refractivity contribution in [2.24, 2.45) is 5.73 Å². The molecular weight excluding hydrogens is 300 g/mol. The fourth-order valence-corrected chi connectivity index (χ4v) is 2.50. The molecular formula is C14H20ClF2N3O. The number of nitrogens with zero attached hydrogens (tertiary/aromatic N) is 1. The Morgan fingerprint density at radius 3 is 2.86 bits per heavy atom. The molecule has 3 N–H and O–H groups in total. The third kappa shape index (κ3) is 4.91. The second-order valence-corrected chi connectivity index (χ2v) is 5.03. The molecule has 21 heavy (non-hydrogen) atoms. The molecule has 0 spiro atoms. The summed E-state index contributed by atoms with van der Waals surface area (Å²) in [6, 6.07) is 3.17. The number of amides is 1. The van der Waals surface area contributed by atoms with E-state index in [2.05, 4.69) is 5.32 Å². The molecule has 118 valence electrons. The van der Waals surface area contributed by atoms with Gasteiger partial charge in [0.1, 0.15) is 11.6 Å². The molecule has 1 heterocycles. The summed E-state index contributed by atoms with van der Waals surface area (Å²) in [5, 5.41) is 2.41. The average Bonchev–Trinajstić information content (AvgIpc) is 2.43. The summed E-state index contributed by atoms with van der Waals surface area (Å²) in [6.45, 7) is 1.46. The summed E-state index contributed by atoms with van der Waals surface area (Å²) in [6.07, 6.45) is 3.11. The first-order chi connectivity index (χ1) is 9.60. The van der Waals surface area contributed by atoms with Gasteiger partial charge in [-0.15, -0.1) is 12.4 Å². The number of rotatable bonds is 4. The second-order valence-electron chi connectivity index (χ2n) is 5.03. The zero-order valence-corrected chi connectivity index (χ0v) is 12.5. The number of carbonyl (C=O) groups is 1. The van der Waals surface area contributed by atoms with Gasteiger partial charge < -0.3 is 11.1 Å². The van der Waals surface area contributed by atoms with Crippen LogP contribution >= 0.6 is 12.4 Å². The molecule has 7 heteroatoms. The van der Waals surface area contributed by atoms with Crippen LogP contribution in [-0.2, 0) is 4.79 Å². The zero-order valence-electron chi connectivity index (χ0n) is 11.6. The molecule has 2 rings (SSSR count). The van der Waals surface area contributed by atoms with E-state index in [1.54, 1.807) is 0 Å². The minimum absolute atomic E-state index is 0. The highest BCUT2D eigenvalue weighted by Gasteiger charge is 2.23. The van der Waals surface area contributed by atoms with Crippen LogP contribution in [0.5, 0.6) is 0 Å². The molecule has 4 nitrogen and oxygen atoms in total. The van der Waals surface area contributed by atoms with Crippen molar-refractivity contribution in [3.63, 3.8) is 0 Å². The van der Waals surface area contributed by atoms with E-state index >= 15 is 0 Å². The summed E-state index contributed by atoms with van der Waals surface area (Å²) < 4.78 is 26.5. The molecule has 1 amide bonds. The smallest absolute Gasteiger partial charge is 0.238 e. The van der Waals surface area contributed by atoms with Crippen LogP contribution in [0, 0.1) is 11.6 Å². The molecule has 1 saturated heterocycles. The van der Waals surface area contributed by atoms with Crippen molar-refractivity contribution < 1.29 is 13.6 Å². The number of carbonyl (C=O) groups excluding carboxylic acids is 1. The summed E-state index contributed by atoms with van der Waals surface area (Å²) in [5.74, 6) is -1.58. The Labute approximate surface area is 129 Å². The van der Waals surface area contributed by atoms with Crippen LogP contribution in [0.4, 0.5) is 14.5 Å². The van der Waals surface area contributed by atoms with Gasteiger partial charge in [-0.25, -0.2) is 8.78 Å². The van der Waals surface area contributed by atoms with Crippen molar-refractivity contribution in [2.45, 2.75) is 25.3 Å². The normalized spacial score (nSPS) is 18.9. The van der Waals surface area contributed by atoms with Gasteiger partial charge in [0.15, 0.2) is 0 Å². The number of nitrogens with two attached hydrogens (primary N) is 1. The Hall–Kier alpha value is -1.24. The quantitative estimate of drug-likeness (QED) is 0.894. The van der Waals surface area contributed by atoms with Crippen LogP contribution in [0.2, 0.25) is 0 Å². The predicted molar refractivity (Wildman–Crippen MR) is 80.5 cm³/mol. The lowest BCUT2D eigenvalue weighted by Gasteiger charge is -2.34. The van der Waals surface area contributed by atoms with E-state index < -0.39 is 11.6 Å². The van der Waals surface area contributed by atoms with Gasteiger partial charge in [0.2, 0.25) is 5.91 Å². The molecule has 1 unspecified atom stereocenters. The van der Waals surface area contributed by atoms with Gasteiger partial charge in [0.05, 0.1) is 12.2 Å². The first-order valence-electron chi connectivity index (χ1n) is 6.79. The number of hydrogen-bond donors (Lipinski definition) is 2. The van der Waals surface area contributed by atoms with Crippen LogP contribution in [0.1, 0.15) is 19.3 Å². The SMILES string of the molecule is Cl.NCC1CCCCN1CC(=O)Nc1cc(F)ccc1F. The third-order valence-electron chi connectivity index (χ3n) is 3.57. The van der Waals surface area contributed by atoms with E-state index in [4.69, 9.17) is 5.73 Å². The monoisotopic (exact) mass is 319 g/mol. The molecule has 0 bridgehead atoms. The van der Waals surface area contributed by atoms with E-state index in [0.717, 1.165) is 44.0 Å². The maximum atomic E-state index is 13.4. The topological polar surface area (TPSA) is 58.4 Å². The van der Waals surface area contributed by atoms with E-state index in [0.29, 0.717) is 6.54 Å². The molecule has 0 aromatic heterocycles. The van der Waals surface area contributed by atoms with Gasteiger partial charge in [-0.1, -0.05) is 6.42 Å². The Bertz CT molecular complexity index is 487. The number of benzene rings is 1.